The van der Waals surface area contributed by atoms with Gasteiger partial charge in [0.15, 0.2) is 5.82 Å². The van der Waals surface area contributed by atoms with Gasteiger partial charge in [0.05, 0.1) is 24.4 Å². The predicted molar refractivity (Wildman–Crippen MR) is 130 cm³/mol. The molecule has 0 spiro atoms. The second-order valence-electron chi connectivity index (χ2n) is 9.43. The summed E-state index contributed by atoms with van der Waals surface area (Å²) in [5.74, 6) is -1.02. The van der Waals surface area contributed by atoms with Gasteiger partial charge in [0.1, 0.15) is 17.6 Å². The standard InChI is InChI=1S/C24H26F3N7O4/c1-13(24(25,26)27)29-22(36)17-2-3-18-20(31-17)34(16-5-8-33(18)11-16)23(37)32-19-10-14(4-7-28-19)21(35)30-15-6-9-38-12-15/h2-4,7,10,13,15-16H,5-6,8-9,11-12H2,1H3,(H,29,36)(H,30,35)(H,28,32,37)/t13-,15+,16+/m1/s1. The van der Waals surface area contributed by atoms with Gasteiger partial charge in [-0.05, 0) is 44.0 Å². The maximum absolute atomic E-state index is 13.4. The third-order valence-corrected chi connectivity index (χ3v) is 6.76. The van der Waals surface area contributed by atoms with Crippen molar-refractivity contribution in [2.24, 2.45) is 0 Å². The number of amides is 4. The number of halogens is 3. The molecule has 2 aromatic heterocycles. The van der Waals surface area contributed by atoms with Gasteiger partial charge in [-0.2, -0.15) is 13.2 Å². The van der Waals surface area contributed by atoms with Crippen LogP contribution in [0.1, 0.15) is 40.6 Å². The largest absolute Gasteiger partial charge is 0.408 e. The molecular formula is C24H26F3N7O4. The summed E-state index contributed by atoms with van der Waals surface area (Å²) in [5.41, 5.74) is 0.658. The SMILES string of the molecule is C[C@@H](NC(=O)c1ccc2c(n1)N(C(=O)Nc1cc(C(=O)N[C@H]3CCOC3)ccn1)[C@H]1CCN2C1)C(F)(F)F. The van der Waals surface area contributed by atoms with Gasteiger partial charge in [0, 0.05) is 31.5 Å². The molecule has 4 amide bonds. The van der Waals surface area contributed by atoms with Gasteiger partial charge in [-0.15, -0.1) is 0 Å². The number of alkyl halides is 3. The smallest absolute Gasteiger partial charge is 0.379 e. The first-order valence-electron chi connectivity index (χ1n) is 12.2. The third kappa shape index (κ3) is 5.21. The lowest BCUT2D eigenvalue weighted by atomic mass is 10.1. The summed E-state index contributed by atoms with van der Waals surface area (Å²) in [5, 5.41) is 7.46. The van der Waals surface area contributed by atoms with Crippen molar-refractivity contribution in [2.45, 2.75) is 44.1 Å². The second kappa shape index (κ2) is 10.1. The van der Waals surface area contributed by atoms with Gasteiger partial charge in [-0.3, -0.25) is 19.8 Å². The lowest BCUT2D eigenvalue weighted by Gasteiger charge is -2.35. The highest BCUT2D eigenvalue weighted by Crippen LogP contribution is 2.39. The molecular weight excluding hydrogens is 507 g/mol. The van der Waals surface area contributed by atoms with Crippen LogP contribution in [0, 0.1) is 0 Å². The minimum absolute atomic E-state index is 0.0829. The number of carbonyl (C=O) groups is 3. The summed E-state index contributed by atoms with van der Waals surface area (Å²) in [4.78, 5) is 50.4. The molecule has 202 valence electrons. The monoisotopic (exact) mass is 533 g/mol. The maximum Gasteiger partial charge on any atom is 0.408 e. The van der Waals surface area contributed by atoms with Crippen LogP contribution in [0.25, 0.3) is 0 Å². The zero-order valence-corrected chi connectivity index (χ0v) is 20.4. The van der Waals surface area contributed by atoms with E-state index in [0.29, 0.717) is 44.0 Å². The molecule has 14 heteroatoms. The fourth-order valence-corrected chi connectivity index (χ4v) is 4.68. The van der Waals surface area contributed by atoms with Gasteiger partial charge < -0.3 is 20.3 Å². The van der Waals surface area contributed by atoms with Crippen molar-refractivity contribution in [1.82, 2.24) is 20.6 Å². The molecule has 0 saturated carbocycles. The maximum atomic E-state index is 13.4. The molecule has 11 nitrogen and oxygen atoms in total. The Morgan fingerprint density at radius 2 is 1.97 bits per heavy atom. The average molecular weight is 534 g/mol. The van der Waals surface area contributed by atoms with Gasteiger partial charge in [-0.25, -0.2) is 14.8 Å². The molecule has 5 heterocycles. The van der Waals surface area contributed by atoms with Crippen LogP contribution in [-0.4, -0.2) is 78.4 Å². The van der Waals surface area contributed by atoms with Crippen LogP contribution in [0.15, 0.2) is 30.5 Å². The lowest BCUT2D eigenvalue weighted by Crippen LogP contribution is -2.49. The normalized spacial score (nSPS) is 21.1. The number of aromatic nitrogens is 2. The molecule has 0 unspecified atom stereocenters. The molecule has 0 aliphatic carbocycles. The van der Waals surface area contributed by atoms with Crippen LogP contribution in [0.3, 0.4) is 0 Å². The highest BCUT2D eigenvalue weighted by molar-refractivity contribution is 6.05. The number of urea groups is 1. The number of nitrogens with zero attached hydrogens (tertiary/aromatic N) is 4. The summed E-state index contributed by atoms with van der Waals surface area (Å²) in [6.07, 6.45) is -1.85. The van der Waals surface area contributed by atoms with Crippen LogP contribution in [0.2, 0.25) is 0 Å². The Labute approximate surface area is 215 Å². The number of rotatable bonds is 5. The molecule has 5 rings (SSSR count). The van der Waals surface area contributed by atoms with E-state index in [1.54, 1.807) is 6.07 Å². The van der Waals surface area contributed by atoms with Crippen molar-refractivity contribution in [3.63, 3.8) is 0 Å². The highest BCUT2D eigenvalue weighted by Gasteiger charge is 2.41. The third-order valence-electron chi connectivity index (χ3n) is 6.76. The number of pyridine rings is 2. The van der Waals surface area contributed by atoms with E-state index in [4.69, 9.17) is 4.74 Å². The summed E-state index contributed by atoms with van der Waals surface area (Å²) < 4.78 is 44.0. The van der Waals surface area contributed by atoms with Gasteiger partial charge in [0.2, 0.25) is 0 Å². The van der Waals surface area contributed by atoms with Crippen molar-refractivity contribution in [1.29, 1.82) is 0 Å². The molecule has 0 radical (unpaired) electrons. The van der Waals surface area contributed by atoms with E-state index >= 15 is 0 Å². The summed E-state index contributed by atoms with van der Waals surface area (Å²) >= 11 is 0. The van der Waals surface area contributed by atoms with Crippen molar-refractivity contribution >= 4 is 35.2 Å². The van der Waals surface area contributed by atoms with Gasteiger partial charge in [0.25, 0.3) is 11.8 Å². The first kappa shape index (κ1) is 25.7. The van der Waals surface area contributed by atoms with Crippen molar-refractivity contribution in [3.8, 4) is 0 Å². The molecule has 3 aliphatic rings. The number of hydrogen-bond donors (Lipinski definition) is 3. The molecule has 3 N–H and O–H groups in total. The van der Waals surface area contributed by atoms with Crippen molar-refractivity contribution < 1.29 is 32.3 Å². The quantitative estimate of drug-likeness (QED) is 0.538. The minimum Gasteiger partial charge on any atom is -0.379 e. The number of hydrogen-bond acceptors (Lipinski definition) is 7. The molecule has 3 aliphatic heterocycles. The Kier molecular flexibility index (Phi) is 6.82. The zero-order chi connectivity index (χ0) is 27.0. The number of carbonyl (C=O) groups excluding carboxylic acids is 3. The fourth-order valence-electron chi connectivity index (χ4n) is 4.68. The number of anilines is 3. The Hall–Kier alpha value is -3.94. The Morgan fingerprint density at radius 3 is 2.71 bits per heavy atom. The Bertz CT molecular complexity index is 1250. The summed E-state index contributed by atoms with van der Waals surface area (Å²) in [6, 6.07) is 2.89. The van der Waals surface area contributed by atoms with E-state index in [2.05, 4.69) is 20.6 Å². The van der Waals surface area contributed by atoms with E-state index < -0.39 is 24.2 Å². The fraction of sp³-hybridized carbons (Fsp3) is 0.458. The van der Waals surface area contributed by atoms with E-state index in [9.17, 15) is 27.6 Å². The van der Waals surface area contributed by atoms with E-state index in [-0.39, 0.29) is 35.3 Å². The topological polar surface area (TPSA) is 129 Å². The lowest BCUT2D eigenvalue weighted by molar-refractivity contribution is -0.149. The van der Waals surface area contributed by atoms with Crippen LogP contribution in [0.4, 0.5) is 35.3 Å². The number of ether oxygens (including phenoxy) is 1. The van der Waals surface area contributed by atoms with Crippen LogP contribution in [-0.2, 0) is 4.74 Å². The average Bonchev–Trinajstić information content (AvgIpc) is 3.54. The predicted octanol–water partition coefficient (Wildman–Crippen LogP) is 2.31. The van der Waals surface area contributed by atoms with Crippen LogP contribution in [0.5, 0.6) is 0 Å². The van der Waals surface area contributed by atoms with Crippen molar-refractivity contribution in [2.75, 3.05) is 41.4 Å². The van der Waals surface area contributed by atoms with Crippen LogP contribution < -0.4 is 25.8 Å². The van der Waals surface area contributed by atoms with Crippen molar-refractivity contribution in [3.05, 3.63) is 41.7 Å². The molecule has 0 aromatic carbocycles. The molecule has 2 bridgehead atoms. The molecule has 2 saturated heterocycles. The van der Waals surface area contributed by atoms with Gasteiger partial charge >= 0.3 is 12.2 Å². The first-order chi connectivity index (χ1) is 18.1. The van der Waals surface area contributed by atoms with E-state index in [1.807, 2.05) is 10.2 Å². The summed E-state index contributed by atoms with van der Waals surface area (Å²) in [7, 11) is 0. The van der Waals surface area contributed by atoms with Crippen LogP contribution >= 0.6 is 0 Å². The molecule has 3 atom stereocenters. The molecule has 2 fully saturated rings. The van der Waals surface area contributed by atoms with E-state index in [1.165, 1.54) is 29.3 Å². The minimum atomic E-state index is -4.61. The van der Waals surface area contributed by atoms with E-state index in [0.717, 1.165) is 13.3 Å². The second-order valence-corrected chi connectivity index (χ2v) is 9.43. The Morgan fingerprint density at radius 1 is 1.16 bits per heavy atom. The molecule has 2 aromatic rings. The zero-order valence-electron chi connectivity index (χ0n) is 20.4. The summed E-state index contributed by atoms with van der Waals surface area (Å²) in [6.45, 7) is 3.05. The number of nitrogens with one attached hydrogen (secondary N) is 3. The first-order valence-corrected chi connectivity index (χ1v) is 12.2. The van der Waals surface area contributed by atoms with Gasteiger partial charge in [-0.1, -0.05) is 0 Å². The molecule has 38 heavy (non-hydrogen) atoms. The number of fused-ring (bicyclic) bond motifs is 4. The Balaban J connectivity index is 1.35. The highest BCUT2D eigenvalue weighted by atomic mass is 19.4.